The molecule has 1 aromatic heterocycles. The van der Waals surface area contributed by atoms with Gasteiger partial charge >= 0.3 is 5.97 Å². The van der Waals surface area contributed by atoms with Gasteiger partial charge in [-0.15, -0.1) is 0 Å². The molecule has 0 radical (unpaired) electrons. The third-order valence-corrected chi connectivity index (χ3v) is 3.89. The van der Waals surface area contributed by atoms with E-state index >= 15 is 0 Å². The van der Waals surface area contributed by atoms with Crippen LogP contribution in [0.15, 0.2) is 30.5 Å². The molecule has 0 bridgehead atoms. The number of rotatable bonds is 7. The maximum Gasteiger partial charge on any atom is 0.337 e. The van der Waals surface area contributed by atoms with E-state index in [0.717, 1.165) is 11.1 Å². The van der Waals surface area contributed by atoms with Crippen LogP contribution in [0.2, 0.25) is 5.02 Å². The van der Waals surface area contributed by atoms with Crippen LogP contribution >= 0.6 is 11.6 Å². The van der Waals surface area contributed by atoms with E-state index in [1.807, 2.05) is 25.1 Å². The number of ether oxygens (including phenoxy) is 1. The zero-order valence-corrected chi connectivity index (χ0v) is 14.2. The number of hydrogen-bond acceptors (Lipinski definition) is 5. The normalized spacial score (nSPS) is 11.8. The molecule has 3 N–H and O–H groups in total. The molecule has 128 valence electrons. The molecule has 1 aromatic carbocycles. The monoisotopic (exact) mass is 350 g/mol. The molecule has 0 spiro atoms. The van der Waals surface area contributed by atoms with Crippen LogP contribution in [-0.4, -0.2) is 34.9 Å². The molecule has 6 nitrogen and oxygen atoms in total. The number of aromatic nitrogens is 1. The van der Waals surface area contributed by atoms with Crippen molar-refractivity contribution in [3.8, 4) is 5.75 Å². The quantitative estimate of drug-likeness (QED) is 0.710. The number of methoxy groups -OCH3 is 1. The van der Waals surface area contributed by atoms with E-state index in [0.29, 0.717) is 18.0 Å². The molecule has 0 aliphatic rings. The van der Waals surface area contributed by atoms with Gasteiger partial charge in [0.2, 0.25) is 0 Å². The first-order valence-electron chi connectivity index (χ1n) is 7.39. The minimum Gasteiger partial charge on any atom is -0.496 e. The predicted octanol–water partition coefficient (Wildman–Crippen LogP) is 3.15. The van der Waals surface area contributed by atoms with Crippen molar-refractivity contribution in [2.24, 2.45) is 0 Å². The standard InChI is InChI=1S/C17H19ClN2O4/c1-10(13-7-11(5-6-21)3-4-15(13)24-2)20-16-14(18)8-12(9-19-16)17(22)23/h3-4,7-10,21H,5-6H2,1-2H3,(H,19,20)(H,22,23). The number of aromatic carboxylic acids is 1. The highest BCUT2D eigenvalue weighted by Gasteiger charge is 2.15. The Hall–Kier alpha value is -2.31. The Morgan fingerprint density at radius 2 is 2.17 bits per heavy atom. The molecule has 7 heteroatoms. The molecule has 1 unspecified atom stereocenters. The average Bonchev–Trinajstić information content (AvgIpc) is 2.56. The van der Waals surface area contributed by atoms with Crippen molar-refractivity contribution in [2.45, 2.75) is 19.4 Å². The van der Waals surface area contributed by atoms with E-state index in [1.165, 1.54) is 12.3 Å². The summed E-state index contributed by atoms with van der Waals surface area (Å²) in [6, 6.07) is 6.87. The topological polar surface area (TPSA) is 91.7 Å². The fourth-order valence-corrected chi connectivity index (χ4v) is 2.57. The van der Waals surface area contributed by atoms with E-state index in [-0.39, 0.29) is 23.2 Å². The van der Waals surface area contributed by atoms with Crippen LogP contribution in [0, 0.1) is 0 Å². The molecule has 2 rings (SSSR count). The van der Waals surface area contributed by atoms with Crippen LogP contribution in [-0.2, 0) is 6.42 Å². The molecule has 0 fully saturated rings. The summed E-state index contributed by atoms with van der Waals surface area (Å²) in [5.74, 6) is 0.0149. The number of benzene rings is 1. The molecule has 0 saturated heterocycles. The van der Waals surface area contributed by atoms with Crippen molar-refractivity contribution >= 4 is 23.4 Å². The van der Waals surface area contributed by atoms with E-state index in [1.54, 1.807) is 7.11 Å². The highest BCUT2D eigenvalue weighted by Crippen LogP contribution is 2.30. The van der Waals surface area contributed by atoms with E-state index < -0.39 is 5.97 Å². The maximum absolute atomic E-state index is 10.9. The first kappa shape index (κ1) is 18.0. The summed E-state index contributed by atoms with van der Waals surface area (Å²) in [6.07, 6.45) is 1.80. The van der Waals surface area contributed by atoms with Gasteiger partial charge in [0.15, 0.2) is 0 Å². The van der Waals surface area contributed by atoms with Gasteiger partial charge < -0.3 is 20.3 Å². The van der Waals surface area contributed by atoms with Crippen LogP contribution < -0.4 is 10.1 Å². The Morgan fingerprint density at radius 3 is 2.75 bits per heavy atom. The lowest BCUT2D eigenvalue weighted by Crippen LogP contribution is -2.11. The van der Waals surface area contributed by atoms with Gasteiger partial charge in [-0.25, -0.2) is 9.78 Å². The van der Waals surface area contributed by atoms with Gasteiger partial charge in [-0.3, -0.25) is 0 Å². The molecule has 0 aliphatic heterocycles. The number of aliphatic hydroxyl groups excluding tert-OH is 1. The summed E-state index contributed by atoms with van der Waals surface area (Å²) < 4.78 is 5.38. The third kappa shape index (κ3) is 4.15. The minimum absolute atomic E-state index is 0.0285. The summed E-state index contributed by atoms with van der Waals surface area (Å²) in [7, 11) is 1.59. The first-order valence-corrected chi connectivity index (χ1v) is 7.77. The Morgan fingerprint density at radius 1 is 1.42 bits per heavy atom. The molecule has 1 atom stereocenters. The van der Waals surface area contributed by atoms with Crippen molar-refractivity contribution < 1.29 is 19.7 Å². The van der Waals surface area contributed by atoms with Gasteiger partial charge in [-0.05, 0) is 37.1 Å². The smallest absolute Gasteiger partial charge is 0.337 e. The zero-order valence-electron chi connectivity index (χ0n) is 13.4. The fraction of sp³-hybridized carbons (Fsp3) is 0.294. The molecular weight excluding hydrogens is 332 g/mol. The largest absolute Gasteiger partial charge is 0.496 e. The predicted molar refractivity (Wildman–Crippen MR) is 92.0 cm³/mol. The van der Waals surface area contributed by atoms with E-state index in [4.69, 9.17) is 26.6 Å². The number of carboxylic acid groups (broad SMARTS) is 1. The number of halogens is 1. The summed E-state index contributed by atoms with van der Waals surface area (Å²) >= 11 is 6.11. The van der Waals surface area contributed by atoms with E-state index in [2.05, 4.69) is 10.3 Å². The number of aliphatic hydroxyl groups is 1. The molecule has 24 heavy (non-hydrogen) atoms. The van der Waals surface area contributed by atoms with Gasteiger partial charge in [-0.2, -0.15) is 0 Å². The van der Waals surface area contributed by atoms with Gasteiger partial charge in [0.25, 0.3) is 0 Å². The van der Waals surface area contributed by atoms with Crippen LogP contribution in [0.5, 0.6) is 5.75 Å². The highest BCUT2D eigenvalue weighted by atomic mass is 35.5. The van der Waals surface area contributed by atoms with Gasteiger partial charge in [0, 0.05) is 18.4 Å². The summed E-state index contributed by atoms with van der Waals surface area (Å²) in [4.78, 5) is 15.0. The second-order valence-corrected chi connectivity index (χ2v) is 5.68. The summed E-state index contributed by atoms with van der Waals surface area (Å²) in [6.45, 7) is 1.99. The third-order valence-electron chi connectivity index (χ3n) is 3.60. The van der Waals surface area contributed by atoms with Crippen LogP contribution in [0.4, 0.5) is 5.82 Å². The summed E-state index contributed by atoms with van der Waals surface area (Å²) in [5.41, 5.74) is 1.91. The van der Waals surface area contributed by atoms with Crippen molar-refractivity contribution in [2.75, 3.05) is 19.0 Å². The molecular formula is C17H19ClN2O4. The van der Waals surface area contributed by atoms with Crippen LogP contribution in [0.25, 0.3) is 0 Å². The number of hydrogen-bond donors (Lipinski definition) is 3. The molecule has 2 aromatic rings. The Bertz CT molecular complexity index is 737. The second kappa shape index (κ2) is 7.99. The number of carboxylic acids is 1. The van der Waals surface area contributed by atoms with E-state index in [9.17, 15) is 4.79 Å². The number of carbonyl (C=O) groups is 1. The van der Waals surface area contributed by atoms with Crippen molar-refractivity contribution in [1.82, 2.24) is 4.98 Å². The lowest BCUT2D eigenvalue weighted by molar-refractivity contribution is 0.0696. The van der Waals surface area contributed by atoms with Crippen molar-refractivity contribution in [3.05, 3.63) is 52.2 Å². The average molecular weight is 351 g/mol. The van der Waals surface area contributed by atoms with Crippen molar-refractivity contribution in [3.63, 3.8) is 0 Å². The Balaban J connectivity index is 2.27. The Labute approximate surface area is 145 Å². The molecule has 1 heterocycles. The van der Waals surface area contributed by atoms with Crippen molar-refractivity contribution in [1.29, 1.82) is 0 Å². The first-order chi connectivity index (χ1) is 11.5. The van der Waals surface area contributed by atoms with Gasteiger partial charge in [0.1, 0.15) is 11.6 Å². The fourth-order valence-electron chi connectivity index (χ4n) is 2.35. The molecule has 0 saturated carbocycles. The molecule has 0 aliphatic carbocycles. The zero-order chi connectivity index (χ0) is 17.7. The molecule has 0 amide bonds. The number of nitrogens with zero attached hydrogens (tertiary/aromatic N) is 1. The van der Waals surface area contributed by atoms with Gasteiger partial charge in [0.05, 0.1) is 23.7 Å². The van der Waals surface area contributed by atoms with Crippen LogP contribution in [0.3, 0.4) is 0 Å². The summed E-state index contributed by atoms with van der Waals surface area (Å²) in [5, 5.41) is 21.4. The lowest BCUT2D eigenvalue weighted by atomic mass is 10.0. The highest BCUT2D eigenvalue weighted by molar-refractivity contribution is 6.33. The lowest BCUT2D eigenvalue weighted by Gasteiger charge is -2.19. The SMILES string of the molecule is COc1ccc(CCO)cc1C(C)Nc1ncc(C(=O)O)cc1Cl. The number of nitrogens with one attached hydrogen (secondary N) is 1. The minimum atomic E-state index is -1.08. The second-order valence-electron chi connectivity index (χ2n) is 5.28. The number of anilines is 1. The Kier molecular flexibility index (Phi) is 6.00. The van der Waals surface area contributed by atoms with Crippen LogP contribution in [0.1, 0.15) is 34.5 Å². The maximum atomic E-state index is 10.9. The number of pyridine rings is 1. The van der Waals surface area contributed by atoms with Gasteiger partial charge in [-0.1, -0.05) is 17.7 Å².